The van der Waals surface area contributed by atoms with Gasteiger partial charge in [-0.2, -0.15) is 0 Å². The van der Waals surface area contributed by atoms with Crippen LogP contribution in [-0.4, -0.2) is 68.3 Å². The van der Waals surface area contributed by atoms with Crippen LogP contribution in [0.5, 0.6) is 5.75 Å². The Morgan fingerprint density at radius 3 is 2.60 bits per heavy atom. The molecule has 3 aromatic rings. The molecule has 8 nitrogen and oxygen atoms in total. The first-order chi connectivity index (χ1) is 14.5. The monoisotopic (exact) mass is 409 g/mol. The molecule has 8 heteroatoms. The van der Waals surface area contributed by atoms with Crippen molar-refractivity contribution in [2.24, 2.45) is 0 Å². The van der Waals surface area contributed by atoms with E-state index >= 15 is 0 Å². The van der Waals surface area contributed by atoms with Crippen LogP contribution >= 0.6 is 0 Å². The van der Waals surface area contributed by atoms with Crippen LogP contribution in [0.15, 0.2) is 36.4 Å². The smallest absolute Gasteiger partial charge is 0.257 e. The van der Waals surface area contributed by atoms with Crippen molar-refractivity contribution in [2.45, 2.75) is 6.54 Å². The second-order valence-corrected chi connectivity index (χ2v) is 7.58. The van der Waals surface area contributed by atoms with Gasteiger partial charge >= 0.3 is 0 Å². The third-order valence-corrected chi connectivity index (χ3v) is 5.10. The fourth-order valence-electron chi connectivity index (χ4n) is 3.65. The minimum Gasteiger partial charge on any atom is -0.494 e. The number of H-pyrrole nitrogens is 1. The van der Waals surface area contributed by atoms with E-state index in [2.05, 4.69) is 25.1 Å². The summed E-state index contributed by atoms with van der Waals surface area (Å²) in [7, 11) is 5.65. The second-order valence-electron chi connectivity index (χ2n) is 7.58. The molecule has 158 valence electrons. The van der Waals surface area contributed by atoms with E-state index in [-0.39, 0.29) is 5.91 Å². The lowest BCUT2D eigenvalue weighted by Gasteiger charge is -2.29. The number of aromatic nitrogens is 2. The number of anilines is 2. The molecule has 30 heavy (non-hydrogen) atoms. The van der Waals surface area contributed by atoms with E-state index in [4.69, 9.17) is 9.47 Å². The van der Waals surface area contributed by atoms with E-state index in [1.54, 1.807) is 7.11 Å². The summed E-state index contributed by atoms with van der Waals surface area (Å²) >= 11 is 0. The quantitative estimate of drug-likeness (QED) is 0.651. The molecule has 1 fully saturated rings. The topological polar surface area (TPSA) is 82.7 Å². The van der Waals surface area contributed by atoms with Crippen molar-refractivity contribution in [2.75, 3.05) is 57.7 Å². The Hall–Kier alpha value is -3.10. The maximum atomic E-state index is 12.7. The van der Waals surface area contributed by atoms with Crippen LogP contribution in [0, 0.1) is 0 Å². The molecule has 1 saturated heterocycles. The molecule has 0 aliphatic carbocycles. The van der Waals surface area contributed by atoms with Crippen molar-refractivity contribution in [1.82, 2.24) is 14.9 Å². The van der Waals surface area contributed by atoms with Crippen molar-refractivity contribution >= 4 is 28.6 Å². The fraction of sp³-hybridized carbons (Fsp3) is 0.364. The zero-order valence-corrected chi connectivity index (χ0v) is 17.6. The molecule has 1 aromatic heterocycles. The summed E-state index contributed by atoms with van der Waals surface area (Å²) < 4.78 is 10.9. The van der Waals surface area contributed by atoms with Crippen LogP contribution in [0.25, 0.3) is 11.0 Å². The lowest BCUT2D eigenvalue weighted by Crippen LogP contribution is -2.36. The van der Waals surface area contributed by atoms with E-state index in [9.17, 15) is 4.79 Å². The number of nitrogens with zero attached hydrogens (tertiary/aromatic N) is 3. The van der Waals surface area contributed by atoms with Gasteiger partial charge in [0.15, 0.2) is 0 Å². The molecule has 1 aliphatic heterocycles. The van der Waals surface area contributed by atoms with Crippen LogP contribution < -0.4 is 15.0 Å². The highest BCUT2D eigenvalue weighted by atomic mass is 16.5. The number of carbonyl (C=O) groups is 1. The van der Waals surface area contributed by atoms with Crippen molar-refractivity contribution < 1.29 is 14.3 Å². The number of rotatable bonds is 6. The van der Waals surface area contributed by atoms with Gasteiger partial charge in [-0.3, -0.25) is 10.1 Å². The molecule has 2 N–H and O–H groups in total. The average Bonchev–Trinajstić information content (AvgIpc) is 3.17. The maximum absolute atomic E-state index is 12.7. The van der Waals surface area contributed by atoms with Gasteiger partial charge in [0, 0.05) is 25.2 Å². The molecule has 0 saturated carbocycles. The number of amides is 1. The number of nitrogens with one attached hydrogen (secondary N) is 2. The normalized spacial score (nSPS) is 14.3. The molecule has 4 rings (SSSR count). The van der Waals surface area contributed by atoms with Gasteiger partial charge in [0.1, 0.15) is 16.8 Å². The summed E-state index contributed by atoms with van der Waals surface area (Å²) in [5, 5.41) is 2.87. The number of hydrogen-bond donors (Lipinski definition) is 2. The Kier molecular flexibility index (Phi) is 5.87. The number of carbonyl (C=O) groups excluding carboxylic acids is 1. The van der Waals surface area contributed by atoms with Crippen LogP contribution in [0.4, 0.5) is 11.6 Å². The Bertz CT molecular complexity index is 1020. The largest absolute Gasteiger partial charge is 0.494 e. The second kappa shape index (κ2) is 8.73. The number of aromatic amines is 1. The average molecular weight is 409 g/mol. The van der Waals surface area contributed by atoms with E-state index in [1.165, 1.54) is 0 Å². The third-order valence-electron chi connectivity index (χ3n) is 5.10. The van der Waals surface area contributed by atoms with E-state index in [0.717, 1.165) is 41.9 Å². The van der Waals surface area contributed by atoms with Gasteiger partial charge in [0.25, 0.3) is 5.91 Å². The number of methoxy groups -OCH3 is 1. The van der Waals surface area contributed by atoms with Crippen molar-refractivity contribution in [1.29, 1.82) is 0 Å². The van der Waals surface area contributed by atoms with Gasteiger partial charge in [-0.15, -0.1) is 0 Å². The highest BCUT2D eigenvalue weighted by molar-refractivity contribution is 6.04. The Labute approximate surface area is 175 Å². The highest BCUT2D eigenvalue weighted by Gasteiger charge is 2.19. The molecule has 0 bridgehead atoms. The summed E-state index contributed by atoms with van der Waals surface area (Å²) in [4.78, 5) is 24.9. The Morgan fingerprint density at radius 1 is 1.20 bits per heavy atom. The Balaban J connectivity index is 1.58. The predicted molar refractivity (Wildman–Crippen MR) is 117 cm³/mol. The zero-order valence-electron chi connectivity index (χ0n) is 17.6. The third kappa shape index (κ3) is 4.24. The molecule has 0 radical (unpaired) electrons. The molecular weight excluding hydrogens is 382 g/mol. The van der Waals surface area contributed by atoms with Gasteiger partial charge in [-0.05, 0) is 43.9 Å². The fourth-order valence-corrected chi connectivity index (χ4v) is 3.65. The van der Waals surface area contributed by atoms with E-state index < -0.39 is 0 Å². The van der Waals surface area contributed by atoms with Gasteiger partial charge < -0.3 is 24.3 Å². The number of fused-ring (bicyclic) bond motifs is 1. The van der Waals surface area contributed by atoms with Crippen LogP contribution in [0.2, 0.25) is 0 Å². The first-order valence-corrected chi connectivity index (χ1v) is 9.99. The minimum absolute atomic E-state index is 0.211. The molecule has 1 aliphatic rings. The standard InChI is InChI=1S/C22H27N5O3/c1-26(2)14-15-4-6-16(7-5-15)21(28)25-22-23-19-17(27-10-12-30-13-11-27)8-9-18(29-3)20(19)24-22/h4-9H,10-14H2,1-3H3,(H2,23,24,25,28). The lowest BCUT2D eigenvalue weighted by atomic mass is 10.1. The SMILES string of the molecule is COc1ccc(N2CCOCC2)c2nc(NC(=O)c3ccc(CN(C)C)cc3)[nH]c12. The van der Waals surface area contributed by atoms with Crippen LogP contribution in [0.3, 0.4) is 0 Å². The molecule has 0 unspecified atom stereocenters. The highest BCUT2D eigenvalue weighted by Crippen LogP contribution is 2.33. The number of ether oxygens (including phenoxy) is 2. The number of benzene rings is 2. The van der Waals surface area contributed by atoms with E-state index in [1.807, 2.05) is 50.5 Å². The zero-order chi connectivity index (χ0) is 21.1. The predicted octanol–water partition coefficient (Wildman–Crippen LogP) is 2.72. The van der Waals surface area contributed by atoms with Gasteiger partial charge in [0.2, 0.25) is 5.95 Å². The summed E-state index contributed by atoms with van der Waals surface area (Å²) in [6.07, 6.45) is 0. The summed E-state index contributed by atoms with van der Waals surface area (Å²) in [6, 6.07) is 11.5. The van der Waals surface area contributed by atoms with E-state index in [0.29, 0.717) is 30.5 Å². The summed E-state index contributed by atoms with van der Waals surface area (Å²) in [5.41, 5.74) is 4.27. The van der Waals surface area contributed by atoms with Gasteiger partial charge in [-0.25, -0.2) is 4.98 Å². The Morgan fingerprint density at radius 2 is 1.93 bits per heavy atom. The van der Waals surface area contributed by atoms with Gasteiger partial charge in [0.05, 0.1) is 26.0 Å². The van der Waals surface area contributed by atoms with Crippen LogP contribution in [0.1, 0.15) is 15.9 Å². The lowest BCUT2D eigenvalue weighted by molar-refractivity contribution is 0.102. The van der Waals surface area contributed by atoms with Crippen molar-refractivity contribution in [3.63, 3.8) is 0 Å². The first kappa shape index (κ1) is 20.2. The van der Waals surface area contributed by atoms with Gasteiger partial charge in [-0.1, -0.05) is 12.1 Å². The summed E-state index contributed by atoms with van der Waals surface area (Å²) in [6.45, 7) is 3.80. The molecular formula is C22H27N5O3. The van der Waals surface area contributed by atoms with Crippen molar-refractivity contribution in [3.8, 4) is 5.75 Å². The molecule has 2 aromatic carbocycles. The number of morpholine rings is 1. The van der Waals surface area contributed by atoms with Crippen molar-refractivity contribution in [3.05, 3.63) is 47.5 Å². The first-order valence-electron chi connectivity index (χ1n) is 9.99. The minimum atomic E-state index is -0.211. The maximum Gasteiger partial charge on any atom is 0.257 e. The van der Waals surface area contributed by atoms with Crippen LogP contribution in [-0.2, 0) is 11.3 Å². The molecule has 1 amide bonds. The number of imidazole rings is 1. The summed E-state index contributed by atoms with van der Waals surface area (Å²) in [5.74, 6) is 0.867. The number of hydrogen-bond acceptors (Lipinski definition) is 6. The molecule has 0 spiro atoms. The molecule has 2 heterocycles. The molecule has 0 atom stereocenters.